The van der Waals surface area contributed by atoms with Crippen molar-refractivity contribution in [1.29, 1.82) is 0 Å². The molecule has 5 rings (SSSR count). The monoisotopic (exact) mass is 447 g/mol. The summed E-state index contributed by atoms with van der Waals surface area (Å²) in [6, 6.07) is 14.2. The van der Waals surface area contributed by atoms with Crippen LogP contribution in [0.1, 0.15) is 11.9 Å². The van der Waals surface area contributed by atoms with Gasteiger partial charge in [-0.15, -0.1) is 11.3 Å². The number of nitrogens with zero attached hydrogens (tertiary/aromatic N) is 3. The van der Waals surface area contributed by atoms with Crippen LogP contribution in [0.5, 0.6) is 0 Å². The van der Waals surface area contributed by atoms with E-state index in [2.05, 4.69) is 18.2 Å². The Kier molecular flexibility index (Phi) is 5.15. The highest BCUT2D eigenvalue weighted by atomic mass is 32.1. The molecule has 0 saturated heterocycles. The van der Waals surface area contributed by atoms with E-state index in [1.807, 2.05) is 30.0 Å². The Morgan fingerprint density at radius 1 is 1.00 bits per heavy atom. The smallest absolute Gasteiger partial charge is 0.259 e. The molecule has 32 heavy (non-hydrogen) atoms. The molecule has 5 nitrogen and oxygen atoms in total. The van der Waals surface area contributed by atoms with Crippen molar-refractivity contribution < 1.29 is 9.13 Å². The van der Waals surface area contributed by atoms with Crippen LogP contribution in [0.4, 0.5) is 4.39 Å². The van der Waals surface area contributed by atoms with Crippen LogP contribution in [0.25, 0.3) is 44.3 Å². The fourth-order valence-corrected chi connectivity index (χ4v) is 4.92. The fraction of sp³-hybridized carbons (Fsp3) is 0.200. The minimum absolute atomic E-state index is 0.115. The van der Waals surface area contributed by atoms with Gasteiger partial charge in [0, 0.05) is 48.0 Å². The van der Waals surface area contributed by atoms with Crippen molar-refractivity contribution in [1.82, 2.24) is 14.1 Å². The molecule has 3 heterocycles. The van der Waals surface area contributed by atoms with Gasteiger partial charge in [-0.1, -0.05) is 18.2 Å². The number of hydrogen-bond acceptors (Lipinski definition) is 4. The van der Waals surface area contributed by atoms with E-state index in [9.17, 15) is 9.18 Å². The molecule has 0 amide bonds. The van der Waals surface area contributed by atoms with E-state index in [4.69, 9.17) is 9.72 Å². The Hall–Kier alpha value is -3.29. The summed E-state index contributed by atoms with van der Waals surface area (Å²) in [4.78, 5) is 17.8. The number of fused-ring (bicyclic) bond motifs is 3. The number of ether oxygens (including phenoxy) is 1. The van der Waals surface area contributed by atoms with Gasteiger partial charge >= 0.3 is 0 Å². The average Bonchev–Trinajstić information content (AvgIpc) is 3.38. The quantitative estimate of drug-likeness (QED) is 0.358. The summed E-state index contributed by atoms with van der Waals surface area (Å²) in [7, 11) is 3.74. The third kappa shape index (κ3) is 3.34. The van der Waals surface area contributed by atoms with Gasteiger partial charge in [-0.3, -0.25) is 9.36 Å². The molecule has 0 aliphatic heterocycles. The normalized spacial score (nSPS) is 11.6. The first-order chi connectivity index (χ1) is 15.5. The van der Waals surface area contributed by atoms with Gasteiger partial charge in [0.15, 0.2) is 0 Å². The summed E-state index contributed by atoms with van der Waals surface area (Å²) in [5.41, 5.74) is 4.92. The second-order valence-electron chi connectivity index (χ2n) is 7.72. The minimum atomic E-state index is -0.326. The van der Waals surface area contributed by atoms with Gasteiger partial charge in [0.1, 0.15) is 16.5 Å². The number of hydrogen-bond donors (Lipinski definition) is 0. The van der Waals surface area contributed by atoms with Crippen LogP contribution in [-0.4, -0.2) is 20.7 Å². The zero-order chi connectivity index (χ0) is 22.4. The molecule has 0 bridgehead atoms. The first-order valence-corrected chi connectivity index (χ1v) is 11.3. The molecular formula is C25H22FN3O2S. The molecule has 0 atom stereocenters. The molecule has 0 aliphatic carbocycles. The highest BCUT2D eigenvalue weighted by Gasteiger charge is 2.17. The van der Waals surface area contributed by atoms with E-state index >= 15 is 0 Å². The standard InChI is InChI=1S/C25H22FN3O2S/c1-4-31-13-23-27-21(14-32-23)16-7-10-22-19(11-16)20-12-18(15-5-8-17(26)9-6-15)25(30)29(3)24(20)28(22)2/h5-12,14H,4,13H2,1-3H3. The van der Waals surface area contributed by atoms with Crippen LogP contribution in [0, 0.1) is 5.82 Å². The zero-order valence-electron chi connectivity index (χ0n) is 18.1. The van der Waals surface area contributed by atoms with Crippen molar-refractivity contribution in [2.24, 2.45) is 14.1 Å². The number of pyridine rings is 1. The van der Waals surface area contributed by atoms with Gasteiger partial charge in [0.2, 0.25) is 0 Å². The van der Waals surface area contributed by atoms with E-state index in [-0.39, 0.29) is 11.4 Å². The molecule has 0 N–H and O–H groups in total. The fourth-order valence-electron chi connectivity index (χ4n) is 4.19. The molecule has 3 aromatic heterocycles. The van der Waals surface area contributed by atoms with Crippen LogP contribution in [0.2, 0.25) is 0 Å². The van der Waals surface area contributed by atoms with Crippen molar-refractivity contribution >= 4 is 33.3 Å². The van der Waals surface area contributed by atoms with Crippen molar-refractivity contribution in [2.45, 2.75) is 13.5 Å². The van der Waals surface area contributed by atoms with E-state index in [1.165, 1.54) is 12.1 Å². The van der Waals surface area contributed by atoms with Gasteiger partial charge in [0.05, 0.1) is 17.8 Å². The Bertz CT molecular complexity index is 1510. The maximum absolute atomic E-state index is 13.4. The SMILES string of the molecule is CCOCc1nc(-c2ccc3c(c2)c2cc(-c4ccc(F)cc4)c(=O)n(C)c2n3C)cs1. The molecule has 162 valence electrons. The summed E-state index contributed by atoms with van der Waals surface area (Å²) >= 11 is 1.59. The lowest BCUT2D eigenvalue weighted by molar-refractivity contribution is 0.134. The van der Waals surface area contributed by atoms with Crippen molar-refractivity contribution in [3.05, 3.63) is 75.1 Å². The lowest BCUT2D eigenvalue weighted by Crippen LogP contribution is -2.20. The maximum atomic E-state index is 13.4. The first-order valence-electron chi connectivity index (χ1n) is 10.4. The molecule has 7 heteroatoms. The average molecular weight is 448 g/mol. The Morgan fingerprint density at radius 2 is 1.75 bits per heavy atom. The van der Waals surface area contributed by atoms with Crippen molar-refractivity contribution in [3.63, 3.8) is 0 Å². The highest BCUT2D eigenvalue weighted by molar-refractivity contribution is 7.09. The summed E-state index contributed by atoms with van der Waals surface area (Å²) in [5, 5.41) is 5.00. The van der Waals surface area contributed by atoms with E-state index in [0.717, 1.165) is 38.2 Å². The predicted octanol–water partition coefficient (Wildman–Crippen LogP) is 5.50. The lowest BCUT2D eigenvalue weighted by atomic mass is 10.0. The zero-order valence-corrected chi connectivity index (χ0v) is 18.9. The number of rotatable bonds is 5. The van der Waals surface area contributed by atoms with Crippen LogP contribution < -0.4 is 5.56 Å². The van der Waals surface area contributed by atoms with Crippen molar-refractivity contribution in [2.75, 3.05) is 6.61 Å². The second-order valence-corrected chi connectivity index (χ2v) is 8.66. The number of benzene rings is 2. The summed E-state index contributed by atoms with van der Waals surface area (Å²) in [6.07, 6.45) is 0. The maximum Gasteiger partial charge on any atom is 0.259 e. The molecular weight excluding hydrogens is 425 g/mol. The molecule has 0 fully saturated rings. The van der Waals surface area contributed by atoms with E-state index in [1.54, 1.807) is 35.1 Å². The highest BCUT2D eigenvalue weighted by Crippen LogP contribution is 2.33. The number of aromatic nitrogens is 3. The Balaban J connectivity index is 1.71. The number of aryl methyl sites for hydroxylation is 2. The van der Waals surface area contributed by atoms with Gasteiger partial charge in [0.25, 0.3) is 5.56 Å². The number of halogens is 1. The topological polar surface area (TPSA) is 49.0 Å². The molecule has 0 aliphatic rings. The first kappa shape index (κ1) is 20.6. The largest absolute Gasteiger partial charge is 0.375 e. The molecule has 5 aromatic rings. The van der Waals surface area contributed by atoms with E-state index < -0.39 is 0 Å². The summed E-state index contributed by atoms with van der Waals surface area (Å²) in [5.74, 6) is -0.326. The van der Waals surface area contributed by atoms with Gasteiger partial charge < -0.3 is 9.30 Å². The molecule has 0 saturated carbocycles. The third-order valence-electron chi connectivity index (χ3n) is 5.78. The van der Waals surface area contributed by atoms with Crippen LogP contribution >= 0.6 is 11.3 Å². The third-order valence-corrected chi connectivity index (χ3v) is 6.60. The Labute approximate surface area is 188 Å². The Morgan fingerprint density at radius 3 is 2.50 bits per heavy atom. The summed E-state index contributed by atoms with van der Waals surface area (Å²) in [6.45, 7) is 3.14. The predicted molar refractivity (Wildman–Crippen MR) is 127 cm³/mol. The van der Waals surface area contributed by atoms with Crippen molar-refractivity contribution in [3.8, 4) is 22.4 Å². The van der Waals surface area contributed by atoms with Crippen LogP contribution in [-0.2, 0) is 25.4 Å². The van der Waals surface area contributed by atoms with E-state index in [0.29, 0.717) is 24.3 Å². The molecule has 0 unspecified atom stereocenters. The molecule has 0 radical (unpaired) electrons. The van der Waals surface area contributed by atoms with Gasteiger partial charge in [-0.2, -0.15) is 0 Å². The summed E-state index contributed by atoms with van der Waals surface area (Å²) < 4.78 is 22.6. The van der Waals surface area contributed by atoms with Crippen LogP contribution in [0.3, 0.4) is 0 Å². The second kappa shape index (κ2) is 8.00. The lowest BCUT2D eigenvalue weighted by Gasteiger charge is -2.08. The number of thiazole rings is 1. The van der Waals surface area contributed by atoms with Crippen LogP contribution in [0.15, 0.2) is 58.7 Å². The molecule has 0 spiro atoms. The molecule has 2 aromatic carbocycles. The minimum Gasteiger partial charge on any atom is -0.375 e. The van der Waals surface area contributed by atoms with Gasteiger partial charge in [-0.05, 0) is 42.8 Å². The van der Waals surface area contributed by atoms with Gasteiger partial charge in [-0.25, -0.2) is 9.37 Å².